The highest BCUT2D eigenvalue weighted by Crippen LogP contribution is 2.30. The van der Waals surface area contributed by atoms with Crippen LogP contribution >= 0.6 is 15.9 Å². The van der Waals surface area contributed by atoms with E-state index < -0.39 is 0 Å². The molecule has 1 aromatic carbocycles. The molecule has 0 aromatic heterocycles. The Morgan fingerprint density at radius 1 is 1.43 bits per heavy atom. The Balaban J connectivity index is 2.15. The van der Waals surface area contributed by atoms with Crippen molar-refractivity contribution in [3.63, 3.8) is 0 Å². The average Bonchev–Trinajstić information content (AvgIpc) is 2.53. The molecule has 2 rings (SSSR count). The Morgan fingerprint density at radius 2 is 2.19 bits per heavy atom. The van der Waals surface area contributed by atoms with Gasteiger partial charge in [0.05, 0.1) is 7.11 Å². The van der Waals surface area contributed by atoms with Crippen LogP contribution in [0.1, 0.15) is 37.3 Å². The van der Waals surface area contributed by atoms with Gasteiger partial charge in [-0.2, -0.15) is 0 Å². The maximum atomic E-state index is 9.55. The summed E-state index contributed by atoms with van der Waals surface area (Å²) in [6.07, 6.45) is 4.61. The summed E-state index contributed by atoms with van der Waals surface area (Å²) < 4.78 is 6.34. The van der Waals surface area contributed by atoms with E-state index in [0.717, 1.165) is 28.6 Å². The predicted molar refractivity (Wildman–Crippen MR) is 88.5 cm³/mol. The lowest BCUT2D eigenvalue weighted by molar-refractivity contribution is 0.146. The zero-order valence-electron chi connectivity index (χ0n) is 12.5. The van der Waals surface area contributed by atoms with E-state index in [0.29, 0.717) is 18.5 Å². The molecule has 1 fully saturated rings. The number of nitrogens with one attached hydrogen (secondary N) is 1. The van der Waals surface area contributed by atoms with Crippen molar-refractivity contribution in [1.29, 1.82) is 0 Å². The second-order valence-corrected chi connectivity index (χ2v) is 6.53. The summed E-state index contributed by atoms with van der Waals surface area (Å²) in [4.78, 5) is 0. The van der Waals surface area contributed by atoms with E-state index >= 15 is 0 Å². The van der Waals surface area contributed by atoms with Crippen LogP contribution in [0.15, 0.2) is 22.7 Å². The van der Waals surface area contributed by atoms with Gasteiger partial charge in [0.15, 0.2) is 0 Å². The van der Waals surface area contributed by atoms with Crippen molar-refractivity contribution in [3.05, 3.63) is 28.2 Å². The molecule has 0 spiro atoms. The Bertz CT molecular complexity index is 456. The minimum absolute atomic E-state index is 0.0617. The number of nitrogens with two attached hydrogens (primary N) is 1. The van der Waals surface area contributed by atoms with Gasteiger partial charge in [0, 0.05) is 29.7 Å². The second-order valence-electron chi connectivity index (χ2n) is 5.68. The van der Waals surface area contributed by atoms with Gasteiger partial charge in [-0.1, -0.05) is 28.8 Å². The fourth-order valence-corrected chi connectivity index (χ4v) is 3.63. The van der Waals surface area contributed by atoms with Gasteiger partial charge in [-0.15, -0.1) is 0 Å². The average molecular weight is 357 g/mol. The van der Waals surface area contributed by atoms with Crippen LogP contribution in [0.5, 0.6) is 5.75 Å². The standard InChI is InChI=1S/C16H25BrN2O2/c1-21-12-6-7-14(17)13(8-12)16(9-18)19-15-5-3-2-4-11(15)10-20/h6-8,11,15-16,19-20H,2-5,9-10,18H2,1H3. The van der Waals surface area contributed by atoms with Gasteiger partial charge in [-0.3, -0.25) is 0 Å². The molecule has 1 aromatic rings. The zero-order valence-corrected chi connectivity index (χ0v) is 14.1. The number of ether oxygens (including phenoxy) is 1. The fourth-order valence-electron chi connectivity index (χ4n) is 3.10. The molecular formula is C16H25BrN2O2. The summed E-state index contributed by atoms with van der Waals surface area (Å²) in [6, 6.07) is 6.33. The van der Waals surface area contributed by atoms with Gasteiger partial charge >= 0.3 is 0 Å². The largest absolute Gasteiger partial charge is 0.497 e. The molecule has 0 radical (unpaired) electrons. The van der Waals surface area contributed by atoms with Gasteiger partial charge in [0.25, 0.3) is 0 Å². The van der Waals surface area contributed by atoms with Crippen LogP contribution in [0.25, 0.3) is 0 Å². The SMILES string of the molecule is COc1ccc(Br)c(C(CN)NC2CCCCC2CO)c1. The molecule has 3 atom stereocenters. The van der Waals surface area contributed by atoms with Gasteiger partial charge in [-0.05, 0) is 42.5 Å². The van der Waals surface area contributed by atoms with Gasteiger partial charge in [-0.25, -0.2) is 0 Å². The van der Waals surface area contributed by atoms with E-state index in [9.17, 15) is 5.11 Å². The summed E-state index contributed by atoms with van der Waals surface area (Å²) in [7, 11) is 1.67. The van der Waals surface area contributed by atoms with Crippen molar-refractivity contribution in [1.82, 2.24) is 5.32 Å². The molecular weight excluding hydrogens is 332 g/mol. The first-order valence-electron chi connectivity index (χ1n) is 7.60. The minimum Gasteiger partial charge on any atom is -0.497 e. The highest BCUT2D eigenvalue weighted by Gasteiger charge is 2.27. The number of hydrogen-bond donors (Lipinski definition) is 3. The van der Waals surface area contributed by atoms with E-state index in [1.807, 2.05) is 18.2 Å². The second kappa shape index (κ2) is 8.13. The number of rotatable bonds is 6. The Morgan fingerprint density at radius 3 is 2.86 bits per heavy atom. The lowest BCUT2D eigenvalue weighted by Crippen LogP contribution is -2.44. The first-order chi connectivity index (χ1) is 10.2. The molecule has 0 amide bonds. The molecule has 1 aliphatic rings. The third-order valence-corrected chi connectivity index (χ3v) is 5.10. The lowest BCUT2D eigenvalue weighted by atomic mass is 9.84. The third kappa shape index (κ3) is 4.19. The lowest BCUT2D eigenvalue weighted by Gasteiger charge is -2.34. The molecule has 3 unspecified atom stereocenters. The van der Waals surface area contributed by atoms with Crippen molar-refractivity contribution in [2.24, 2.45) is 11.7 Å². The highest BCUT2D eigenvalue weighted by molar-refractivity contribution is 9.10. The van der Waals surface area contributed by atoms with Gasteiger partial charge < -0.3 is 20.9 Å². The maximum absolute atomic E-state index is 9.55. The van der Waals surface area contributed by atoms with Crippen LogP contribution in [0.2, 0.25) is 0 Å². The number of halogens is 1. The summed E-state index contributed by atoms with van der Waals surface area (Å²) in [6.45, 7) is 0.759. The monoisotopic (exact) mass is 356 g/mol. The highest BCUT2D eigenvalue weighted by atomic mass is 79.9. The number of aliphatic hydroxyl groups is 1. The van der Waals surface area contributed by atoms with Crippen LogP contribution in [-0.2, 0) is 0 Å². The van der Waals surface area contributed by atoms with E-state index in [2.05, 4.69) is 21.2 Å². The number of aliphatic hydroxyl groups excluding tert-OH is 1. The molecule has 5 heteroatoms. The fraction of sp³-hybridized carbons (Fsp3) is 0.625. The van der Waals surface area contributed by atoms with Crippen LogP contribution in [-0.4, -0.2) is 31.4 Å². The summed E-state index contributed by atoms with van der Waals surface area (Å²) in [5, 5.41) is 13.2. The molecule has 4 N–H and O–H groups in total. The Labute approximate surface area is 135 Å². The zero-order chi connectivity index (χ0) is 15.2. The van der Waals surface area contributed by atoms with Crippen LogP contribution in [0.4, 0.5) is 0 Å². The molecule has 0 bridgehead atoms. The van der Waals surface area contributed by atoms with Gasteiger partial charge in [0.1, 0.15) is 5.75 Å². The van der Waals surface area contributed by atoms with E-state index in [-0.39, 0.29) is 12.6 Å². The minimum atomic E-state index is 0.0617. The summed E-state index contributed by atoms with van der Waals surface area (Å²) in [5.41, 5.74) is 7.09. The Hall–Kier alpha value is -0.620. The van der Waals surface area contributed by atoms with Crippen molar-refractivity contribution < 1.29 is 9.84 Å². The van der Waals surface area contributed by atoms with Gasteiger partial charge in [0.2, 0.25) is 0 Å². The van der Waals surface area contributed by atoms with Crippen molar-refractivity contribution in [2.75, 3.05) is 20.3 Å². The predicted octanol–water partition coefficient (Wildman–Crippen LogP) is 2.60. The van der Waals surface area contributed by atoms with Crippen LogP contribution in [0, 0.1) is 5.92 Å². The molecule has 118 valence electrons. The molecule has 0 saturated heterocycles. The maximum Gasteiger partial charge on any atom is 0.119 e. The summed E-state index contributed by atoms with van der Waals surface area (Å²) >= 11 is 3.60. The van der Waals surface area contributed by atoms with Crippen LogP contribution < -0.4 is 15.8 Å². The smallest absolute Gasteiger partial charge is 0.119 e. The molecule has 4 nitrogen and oxygen atoms in total. The first kappa shape index (κ1) is 16.7. The van der Waals surface area contributed by atoms with E-state index in [1.54, 1.807) is 7.11 Å². The summed E-state index contributed by atoms with van der Waals surface area (Å²) in [5.74, 6) is 1.16. The van der Waals surface area contributed by atoms with Crippen molar-refractivity contribution >= 4 is 15.9 Å². The molecule has 0 aliphatic heterocycles. The number of methoxy groups -OCH3 is 1. The first-order valence-corrected chi connectivity index (χ1v) is 8.39. The molecule has 21 heavy (non-hydrogen) atoms. The number of benzene rings is 1. The molecule has 0 heterocycles. The number of hydrogen-bond acceptors (Lipinski definition) is 4. The quantitative estimate of drug-likeness (QED) is 0.732. The van der Waals surface area contributed by atoms with Crippen LogP contribution in [0.3, 0.4) is 0 Å². The van der Waals surface area contributed by atoms with E-state index in [1.165, 1.54) is 12.8 Å². The Kier molecular flexibility index (Phi) is 6.48. The van der Waals surface area contributed by atoms with Crippen molar-refractivity contribution in [3.8, 4) is 5.75 Å². The van der Waals surface area contributed by atoms with Crippen molar-refractivity contribution in [2.45, 2.75) is 37.8 Å². The molecule has 1 saturated carbocycles. The van der Waals surface area contributed by atoms with E-state index in [4.69, 9.17) is 10.5 Å². The topological polar surface area (TPSA) is 67.5 Å². The molecule has 1 aliphatic carbocycles. The third-order valence-electron chi connectivity index (χ3n) is 4.37. The normalized spacial score (nSPS) is 23.8.